The van der Waals surface area contributed by atoms with E-state index in [1.54, 1.807) is 5.57 Å². The van der Waals surface area contributed by atoms with Crippen LogP contribution in [0.3, 0.4) is 0 Å². The van der Waals surface area contributed by atoms with Crippen LogP contribution in [0.4, 0.5) is 5.69 Å². The molecule has 1 aromatic carbocycles. The second-order valence-corrected chi connectivity index (χ2v) is 10.5. The molecule has 30 heavy (non-hydrogen) atoms. The molecule has 0 N–H and O–H groups in total. The van der Waals surface area contributed by atoms with Crippen LogP contribution < -0.4 is 4.90 Å². The molecule has 0 amide bonds. The van der Waals surface area contributed by atoms with E-state index in [2.05, 4.69) is 41.9 Å². The Hall–Kier alpha value is -1.52. The fourth-order valence-corrected chi connectivity index (χ4v) is 6.50. The van der Waals surface area contributed by atoms with Crippen molar-refractivity contribution >= 4 is 23.3 Å². The summed E-state index contributed by atoms with van der Waals surface area (Å²) < 4.78 is 5.94. The molecule has 0 unspecified atom stereocenters. The maximum absolute atomic E-state index is 12.8. The fourth-order valence-electron chi connectivity index (χ4n) is 6.38. The minimum Gasteiger partial charge on any atom is -0.461 e. The number of piperazine rings is 1. The van der Waals surface area contributed by atoms with Crippen molar-refractivity contribution in [1.82, 2.24) is 4.90 Å². The molecule has 5 heteroatoms. The quantitative estimate of drug-likeness (QED) is 0.512. The van der Waals surface area contributed by atoms with Crippen molar-refractivity contribution in [2.45, 2.75) is 45.6 Å². The first-order valence-electron chi connectivity index (χ1n) is 11.6. The highest BCUT2D eigenvalue weighted by molar-refractivity contribution is 6.30. The third-order valence-corrected chi connectivity index (χ3v) is 8.35. The first kappa shape index (κ1) is 20.4. The summed E-state index contributed by atoms with van der Waals surface area (Å²) in [6, 6.07) is 8.09. The van der Waals surface area contributed by atoms with E-state index in [1.165, 1.54) is 24.9 Å². The number of fused-ring (bicyclic) bond motifs is 2. The lowest BCUT2D eigenvalue weighted by atomic mass is 9.59. The Balaban J connectivity index is 1.25. The largest absolute Gasteiger partial charge is 0.461 e. The first-order valence-corrected chi connectivity index (χ1v) is 12.0. The number of nitrogens with zero attached hydrogens (tertiary/aromatic N) is 2. The smallest absolute Gasteiger partial charge is 0.311 e. The van der Waals surface area contributed by atoms with Crippen LogP contribution in [0.15, 0.2) is 35.9 Å². The number of rotatable bonds is 3. The van der Waals surface area contributed by atoms with Crippen molar-refractivity contribution in [2.75, 3.05) is 37.6 Å². The first-order chi connectivity index (χ1) is 14.4. The highest BCUT2D eigenvalue weighted by Gasteiger charge is 2.52. The van der Waals surface area contributed by atoms with Crippen molar-refractivity contribution in [3.63, 3.8) is 0 Å². The summed E-state index contributed by atoms with van der Waals surface area (Å²) in [4.78, 5) is 17.7. The zero-order chi connectivity index (χ0) is 20.9. The second-order valence-electron chi connectivity index (χ2n) is 10.1. The van der Waals surface area contributed by atoms with E-state index in [4.69, 9.17) is 16.3 Å². The van der Waals surface area contributed by atoms with Crippen molar-refractivity contribution in [1.29, 1.82) is 0 Å². The molecule has 0 bridgehead atoms. The van der Waals surface area contributed by atoms with E-state index in [9.17, 15) is 4.79 Å². The van der Waals surface area contributed by atoms with Crippen LogP contribution in [0.5, 0.6) is 0 Å². The Morgan fingerprint density at radius 1 is 1.17 bits per heavy atom. The third-order valence-electron chi connectivity index (χ3n) is 8.10. The molecule has 5 rings (SSSR count). The third kappa shape index (κ3) is 3.67. The molecule has 1 aromatic rings. The topological polar surface area (TPSA) is 32.8 Å². The van der Waals surface area contributed by atoms with Gasteiger partial charge in [0.25, 0.3) is 0 Å². The number of hydrogen-bond donors (Lipinski definition) is 0. The lowest BCUT2D eigenvalue weighted by Crippen LogP contribution is -2.49. The van der Waals surface area contributed by atoms with Crippen molar-refractivity contribution < 1.29 is 9.53 Å². The van der Waals surface area contributed by atoms with Gasteiger partial charge in [-0.25, -0.2) is 0 Å². The van der Waals surface area contributed by atoms with Crippen LogP contribution in [-0.4, -0.2) is 49.7 Å². The van der Waals surface area contributed by atoms with Crippen molar-refractivity contribution in [3.8, 4) is 0 Å². The normalized spacial score (nSPS) is 36.7. The molecule has 0 spiro atoms. The summed E-state index contributed by atoms with van der Waals surface area (Å²) in [7, 11) is 0. The fraction of sp³-hybridized carbons (Fsp3) is 0.640. The molecule has 0 aromatic heterocycles. The predicted molar refractivity (Wildman–Crippen MR) is 121 cm³/mol. The molecular formula is C25H33ClN2O2. The van der Waals surface area contributed by atoms with Crippen LogP contribution in [0.2, 0.25) is 5.02 Å². The summed E-state index contributed by atoms with van der Waals surface area (Å²) in [6.07, 6.45) is 7.38. The van der Waals surface area contributed by atoms with Crippen LogP contribution in [-0.2, 0) is 9.53 Å². The Morgan fingerprint density at radius 2 is 1.90 bits per heavy atom. The van der Waals surface area contributed by atoms with E-state index in [-0.39, 0.29) is 29.3 Å². The highest BCUT2D eigenvalue weighted by atomic mass is 35.5. The second kappa shape index (κ2) is 7.87. The zero-order valence-electron chi connectivity index (χ0n) is 18.1. The van der Waals surface area contributed by atoms with Crippen LogP contribution >= 0.6 is 11.6 Å². The van der Waals surface area contributed by atoms with Crippen molar-refractivity contribution in [3.05, 3.63) is 40.9 Å². The summed E-state index contributed by atoms with van der Waals surface area (Å²) in [5.41, 5.74) is 3.06. The minimum atomic E-state index is -0.0109. The number of carbonyl (C=O) groups excluding carboxylic acids is 1. The SMILES string of the molecule is C[C@@H]1CCC[C@@]2(C)C[C@H]3OC(=O)[C@H](CN4CCN(c5ccc(Cl)cc5)CC4)[C@@H]3C=C12. The van der Waals surface area contributed by atoms with Crippen molar-refractivity contribution in [2.24, 2.45) is 23.2 Å². The van der Waals surface area contributed by atoms with E-state index in [0.29, 0.717) is 5.92 Å². The maximum Gasteiger partial charge on any atom is 0.311 e. The Labute approximate surface area is 185 Å². The maximum atomic E-state index is 12.8. The molecule has 2 heterocycles. The average Bonchev–Trinajstić information content (AvgIpc) is 3.01. The molecule has 1 saturated carbocycles. The van der Waals surface area contributed by atoms with Gasteiger partial charge >= 0.3 is 5.97 Å². The van der Waals surface area contributed by atoms with Gasteiger partial charge in [0.15, 0.2) is 0 Å². The van der Waals surface area contributed by atoms with Gasteiger partial charge in [-0.1, -0.05) is 43.5 Å². The monoisotopic (exact) mass is 428 g/mol. The molecule has 162 valence electrons. The number of esters is 1. The van der Waals surface area contributed by atoms with Gasteiger partial charge in [-0.2, -0.15) is 0 Å². The Morgan fingerprint density at radius 3 is 2.63 bits per heavy atom. The summed E-state index contributed by atoms with van der Waals surface area (Å²) in [5.74, 6) is 0.916. The van der Waals surface area contributed by atoms with Gasteiger partial charge in [-0.05, 0) is 54.9 Å². The number of carbonyl (C=O) groups is 1. The molecular weight excluding hydrogens is 396 g/mol. The number of anilines is 1. The lowest BCUT2D eigenvalue weighted by molar-refractivity contribution is -0.145. The molecule has 2 aliphatic carbocycles. The predicted octanol–water partition coefficient (Wildman–Crippen LogP) is 4.78. The minimum absolute atomic E-state index is 0.0109. The van der Waals surface area contributed by atoms with E-state index in [1.807, 2.05) is 12.1 Å². The molecule has 2 saturated heterocycles. The standard InChI is InChI=1S/C25H33ClN2O2/c1-17-4-3-9-25(2)15-23-20(14-22(17)25)21(24(29)30-23)16-27-10-12-28(13-11-27)19-7-5-18(26)6-8-19/h5-8,14,17,20-21,23H,3-4,9-13,15-16H2,1-2H3/t17-,20+,21-,23-,25+/m1/s1. The van der Waals surface area contributed by atoms with Gasteiger partial charge in [0.1, 0.15) is 6.10 Å². The average molecular weight is 429 g/mol. The number of benzene rings is 1. The Kier molecular flexibility index (Phi) is 5.35. The summed E-state index contributed by atoms with van der Waals surface area (Å²) in [5, 5.41) is 0.775. The van der Waals surface area contributed by atoms with Gasteiger partial charge in [0.2, 0.25) is 0 Å². The summed E-state index contributed by atoms with van der Waals surface area (Å²) >= 11 is 6.02. The van der Waals surface area contributed by atoms with Gasteiger partial charge < -0.3 is 9.64 Å². The van der Waals surface area contributed by atoms with Gasteiger partial charge in [-0.3, -0.25) is 9.69 Å². The van der Waals surface area contributed by atoms with Crippen LogP contribution in [0.25, 0.3) is 0 Å². The number of hydrogen-bond acceptors (Lipinski definition) is 4. The molecule has 5 atom stereocenters. The molecule has 3 fully saturated rings. The Bertz CT molecular complexity index is 830. The number of allylic oxidation sites excluding steroid dienone is 1. The van der Waals surface area contributed by atoms with Gasteiger partial charge in [0, 0.05) is 49.4 Å². The number of halogens is 1. The van der Waals surface area contributed by atoms with Gasteiger partial charge in [0.05, 0.1) is 5.92 Å². The van der Waals surface area contributed by atoms with Crippen LogP contribution in [0.1, 0.15) is 39.5 Å². The molecule has 2 aliphatic heterocycles. The molecule has 0 radical (unpaired) electrons. The molecule has 4 aliphatic rings. The van der Waals surface area contributed by atoms with E-state index >= 15 is 0 Å². The van der Waals surface area contributed by atoms with Gasteiger partial charge in [-0.15, -0.1) is 0 Å². The van der Waals surface area contributed by atoms with Crippen LogP contribution in [0, 0.1) is 23.2 Å². The van der Waals surface area contributed by atoms with E-state index in [0.717, 1.165) is 44.2 Å². The summed E-state index contributed by atoms with van der Waals surface area (Å²) in [6.45, 7) is 9.50. The zero-order valence-corrected chi connectivity index (χ0v) is 18.9. The molecule has 4 nitrogen and oxygen atoms in total. The highest BCUT2D eigenvalue weighted by Crippen LogP contribution is 2.54. The lowest BCUT2D eigenvalue weighted by Gasteiger charge is -2.46. The van der Waals surface area contributed by atoms with E-state index < -0.39 is 0 Å². The number of ether oxygens (including phenoxy) is 1.